The van der Waals surface area contributed by atoms with E-state index in [9.17, 15) is 4.79 Å². The van der Waals surface area contributed by atoms with Crippen molar-refractivity contribution in [2.75, 3.05) is 12.4 Å². The van der Waals surface area contributed by atoms with Crippen LogP contribution in [0.2, 0.25) is 0 Å². The molecule has 4 heteroatoms. The molecule has 1 aliphatic carbocycles. The van der Waals surface area contributed by atoms with E-state index in [2.05, 4.69) is 22.5 Å². The van der Waals surface area contributed by atoms with E-state index in [1.165, 1.54) is 0 Å². The Kier molecular flexibility index (Phi) is 3.08. The van der Waals surface area contributed by atoms with Gasteiger partial charge in [0.25, 0.3) is 5.91 Å². The van der Waals surface area contributed by atoms with Crippen molar-refractivity contribution in [1.29, 1.82) is 0 Å². The van der Waals surface area contributed by atoms with Gasteiger partial charge in [0, 0.05) is 19.3 Å². The quantitative estimate of drug-likeness (QED) is 0.809. The maximum absolute atomic E-state index is 11.9. The molecule has 2 N–H and O–H groups in total. The Bertz CT molecular complexity index is 392. The van der Waals surface area contributed by atoms with Crippen molar-refractivity contribution < 1.29 is 4.79 Å². The first-order chi connectivity index (χ1) is 7.76. The van der Waals surface area contributed by atoms with Crippen LogP contribution in [0.25, 0.3) is 0 Å². The molecule has 2 rings (SSSR count). The van der Waals surface area contributed by atoms with E-state index in [0.29, 0.717) is 23.3 Å². The number of rotatable bonds is 4. The van der Waals surface area contributed by atoms with Gasteiger partial charge in [0.2, 0.25) is 0 Å². The van der Waals surface area contributed by atoms with Gasteiger partial charge in [-0.05, 0) is 24.5 Å². The van der Waals surface area contributed by atoms with E-state index in [-0.39, 0.29) is 5.91 Å². The van der Waals surface area contributed by atoms with Crippen LogP contribution in [-0.4, -0.2) is 24.0 Å². The first kappa shape index (κ1) is 10.9. The lowest BCUT2D eigenvalue weighted by atomic mass is 10.2. The number of aromatic nitrogens is 1. The van der Waals surface area contributed by atoms with Crippen LogP contribution in [-0.2, 0) is 0 Å². The van der Waals surface area contributed by atoms with Crippen LogP contribution in [0.3, 0.4) is 0 Å². The second-order valence-electron chi connectivity index (χ2n) is 4.13. The number of hydrogen-bond acceptors (Lipinski definition) is 3. The lowest BCUT2D eigenvalue weighted by Crippen LogP contribution is -2.27. The van der Waals surface area contributed by atoms with Gasteiger partial charge in [0.05, 0.1) is 5.56 Å². The number of nitrogens with zero attached hydrogens (tertiary/aromatic N) is 1. The molecule has 1 aromatic rings. The monoisotopic (exact) mass is 219 g/mol. The van der Waals surface area contributed by atoms with Crippen molar-refractivity contribution in [2.45, 2.75) is 25.8 Å². The summed E-state index contributed by atoms with van der Waals surface area (Å²) in [6.45, 7) is 2.15. The van der Waals surface area contributed by atoms with E-state index in [0.717, 1.165) is 12.8 Å². The molecule has 2 atom stereocenters. The fourth-order valence-corrected chi connectivity index (χ4v) is 1.91. The molecule has 0 saturated heterocycles. The minimum absolute atomic E-state index is 0.0293. The lowest BCUT2D eigenvalue weighted by molar-refractivity contribution is 0.0949. The largest absolute Gasteiger partial charge is 0.372 e. The van der Waals surface area contributed by atoms with Gasteiger partial charge in [-0.2, -0.15) is 0 Å². The number of pyridine rings is 1. The average Bonchev–Trinajstić information content (AvgIpc) is 3.07. The number of anilines is 1. The van der Waals surface area contributed by atoms with Crippen LogP contribution in [0.1, 0.15) is 30.1 Å². The number of nitrogens with one attached hydrogen (secondary N) is 2. The zero-order valence-electron chi connectivity index (χ0n) is 9.66. The first-order valence-corrected chi connectivity index (χ1v) is 5.70. The second-order valence-corrected chi connectivity index (χ2v) is 4.13. The lowest BCUT2D eigenvalue weighted by Gasteiger charge is -2.08. The predicted octanol–water partition coefficient (Wildman–Crippen LogP) is 1.65. The molecule has 1 saturated carbocycles. The van der Waals surface area contributed by atoms with Crippen molar-refractivity contribution >= 4 is 11.7 Å². The normalized spacial score (nSPS) is 22.6. The van der Waals surface area contributed by atoms with Gasteiger partial charge in [-0.15, -0.1) is 0 Å². The Labute approximate surface area is 95.5 Å². The molecule has 16 heavy (non-hydrogen) atoms. The number of amides is 1. The summed E-state index contributed by atoms with van der Waals surface area (Å²) in [5, 5.41) is 5.95. The van der Waals surface area contributed by atoms with E-state index in [1.807, 2.05) is 0 Å². The summed E-state index contributed by atoms with van der Waals surface area (Å²) in [6.07, 6.45) is 3.92. The Hall–Kier alpha value is -1.58. The molecule has 0 spiro atoms. The summed E-state index contributed by atoms with van der Waals surface area (Å²) in [5.41, 5.74) is 0.617. The fourth-order valence-electron chi connectivity index (χ4n) is 1.91. The van der Waals surface area contributed by atoms with E-state index >= 15 is 0 Å². The summed E-state index contributed by atoms with van der Waals surface area (Å²) in [7, 11) is 1.77. The topological polar surface area (TPSA) is 54.0 Å². The molecule has 1 aliphatic rings. The summed E-state index contributed by atoms with van der Waals surface area (Å²) < 4.78 is 0. The molecule has 0 radical (unpaired) electrons. The average molecular weight is 219 g/mol. The van der Waals surface area contributed by atoms with Crippen molar-refractivity contribution in [3.8, 4) is 0 Å². The maximum Gasteiger partial charge on any atom is 0.255 e. The molecule has 1 aromatic heterocycles. The van der Waals surface area contributed by atoms with Crippen molar-refractivity contribution in [3.63, 3.8) is 0 Å². The Morgan fingerprint density at radius 2 is 2.44 bits per heavy atom. The third-order valence-corrected chi connectivity index (χ3v) is 3.05. The van der Waals surface area contributed by atoms with Crippen molar-refractivity contribution in [2.24, 2.45) is 5.92 Å². The summed E-state index contributed by atoms with van der Waals surface area (Å²) >= 11 is 0. The molecule has 0 bridgehead atoms. The van der Waals surface area contributed by atoms with Crippen LogP contribution in [0, 0.1) is 5.92 Å². The van der Waals surface area contributed by atoms with E-state index < -0.39 is 0 Å². The van der Waals surface area contributed by atoms with Crippen molar-refractivity contribution in [1.82, 2.24) is 10.3 Å². The van der Waals surface area contributed by atoms with Gasteiger partial charge < -0.3 is 10.6 Å². The predicted molar refractivity (Wildman–Crippen MR) is 63.4 cm³/mol. The molecule has 1 amide bonds. The standard InChI is InChI=1S/C12H17N3O/c1-3-8-7-10(8)15-12(16)9-5-4-6-14-11(9)13-2/h4-6,8,10H,3,7H2,1-2H3,(H,13,14)(H,15,16). The van der Waals surface area contributed by atoms with Crippen LogP contribution < -0.4 is 10.6 Å². The van der Waals surface area contributed by atoms with Crippen molar-refractivity contribution in [3.05, 3.63) is 23.9 Å². The molecule has 0 aromatic carbocycles. The van der Waals surface area contributed by atoms with Gasteiger partial charge in [0.15, 0.2) is 0 Å². The highest BCUT2D eigenvalue weighted by molar-refractivity contribution is 5.99. The fraction of sp³-hybridized carbons (Fsp3) is 0.500. The molecule has 1 fully saturated rings. The highest BCUT2D eigenvalue weighted by atomic mass is 16.1. The van der Waals surface area contributed by atoms with Crippen LogP contribution in [0.15, 0.2) is 18.3 Å². The second kappa shape index (κ2) is 4.51. The smallest absolute Gasteiger partial charge is 0.255 e. The first-order valence-electron chi connectivity index (χ1n) is 5.70. The maximum atomic E-state index is 11.9. The number of carbonyl (C=O) groups excluding carboxylic acids is 1. The van der Waals surface area contributed by atoms with Gasteiger partial charge >= 0.3 is 0 Å². The third kappa shape index (κ3) is 2.15. The molecular weight excluding hydrogens is 202 g/mol. The molecule has 0 aliphatic heterocycles. The minimum atomic E-state index is -0.0293. The van der Waals surface area contributed by atoms with E-state index in [4.69, 9.17) is 0 Å². The van der Waals surface area contributed by atoms with Gasteiger partial charge in [-0.3, -0.25) is 4.79 Å². The molecule has 1 heterocycles. The SMILES string of the molecule is CCC1CC1NC(=O)c1cccnc1NC. The van der Waals surface area contributed by atoms with Crippen LogP contribution >= 0.6 is 0 Å². The third-order valence-electron chi connectivity index (χ3n) is 3.05. The van der Waals surface area contributed by atoms with Gasteiger partial charge in [-0.25, -0.2) is 4.98 Å². The molecule has 4 nitrogen and oxygen atoms in total. The van der Waals surface area contributed by atoms with Gasteiger partial charge in [-0.1, -0.05) is 13.3 Å². The zero-order chi connectivity index (χ0) is 11.5. The number of hydrogen-bond donors (Lipinski definition) is 2. The number of carbonyl (C=O) groups is 1. The van der Waals surface area contributed by atoms with E-state index in [1.54, 1.807) is 25.4 Å². The highest BCUT2D eigenvalue weighted by Crippen LogP contribution is 2.33. The Morgan fingerprint density at radius 1 is 1.62 bits per heavy atom. The molecule has 86 valence electrons. The highest BCUT2D eigenvalue weighted by Gasteiger charge is 2.36. The van der Waals surface area contributed by atoms with Crippen LogP contribution in [0.4, 0.5) is 5.82 Å². The van der Waals surface area contributed by atoms with Crippen LogP contribution in [0.5, 0.6) is 0 Å². The summed E-state index contributed by atoms with van der Waals surface area (Å²) in [6, 6.07) is 3.93. The molecule has 2 unspecified atom stereocenters. The summed E-state index contributed by atoms with van der Waals surface area (Å²) in [5.74, 6) is 1.27. The zero-order valence-corrected chi connectivity index (χ0v) is 9.66. The van der Waals surface area contributed by atoms with Gasteiger partial charge in [0.1, 0.15) is 5.82 Å². The summed E-state index contributed by atoms with van der Waals surface area (Å²) in [4.78, 5) is 16.1. The Balaban J connectivity index is 2.03. The minimum Gasteiger partial charge on any atom is -0.372 e. The molecular formula is C12H17N3O. The Morgan fingerprint density at radius 3 is 3.06 bits per heavy atom.